The van der Waals surface area contributed by atoms with Gasteiger partial charge in [-0.3, -0.25) is 14.5 Å². The number of aliphatic hydroxyl groups excluding tert-OH is 1. The Bertz CT molecular complexity index is 1140. The summed E-state index contributed by atoms with van der Waals surface area (Å²) in [4.78, 5) is 30.4. The zero-order valence-corrected chi connectivity index (χ0v) is 17.6. The number of hydrogen-bond acceptors (Lipinski definition) is 6. The van der Waals surface area contributed by atoms with Crippen molar-refractivity contribution in [3.8, 4) is 0 Å². The molecular weight excluding hydrogens is 408 g/mol. The van der Waals surface area contributed by atoms with Gasteiger partial charge in [-0.1, -0.05) is 48.5 Å². The molecule has 7 nitrogen and oxygen atoms in total. The van der Waals surface area contributed by atoms with E-state index in [1.54, 1.807) is 17.0 Å². The predicted molar refractivity (Wildman–Crippen MR) is 118 cm³/mol. The van der Waals surface area contributed by atoms with Crippen LogP contribution in [0.25, 0.3) is 11.0 Å². The molecule has 1 fully saturated rings. The minimum Gasteiger partial charge on any atom is -0.503 e. The van der Waals surface area contributed by atoms with E-state index in [1.807, 2.05) is 48.5 Å². The van der Waals surface area contributed by atoms with E-state index in [4.69, 9.17) is 9.15 Å². The molecule has 3 aromatic rings. The molecule has 7 heteroatoms. The number of furan rings is 1. The van der Waals surface area contributed by atoms with Crippen LogP contribution in [0.3, 0.4) is 0 Å². The van der Waals surface area contributed by atoms with Crippen molar-refractivity contribution in [3.63, 3.8) is 0 Å². The van der Waals surface area contributed by atoms with Gasteiger partial charge in [-0.05, 0) is 17.7 Å². The van der Waals surface area contributed by atoms with E-state index < -0.39 is 23.5 Å². The molecule has 2 aromatic carbocycles. The van der Waals surface area contributed by atoms with Gasteiger partial charge in [-0.25, -0.2) is 0 Å². The lowest BCUT2D eigenvalue weighted by molar-refractivity contribution is -0.129. The molecule has 0 bridgehead atoms. The zero-order chi connectivity index (χ0) is 22.1. The van der Waals surface area contributed by atoms with Crippen LogP contribution in [0.2, 0.25) is 0 Å². The number of fused-ring (bicyclic) bond motifs is 1. The second-order valence-corrected chi connectivity index (χ2v) is 8.01. The number of ketones is 1. The smallest absolute Gasteiger partial charge is 0.290 e. The summed E-state index contributed by atoms with van der Waals surface area (Å²) in [5.74, 6) is -1.41. The number of Topliss-reactive ketones (excluding diaryl/α,β-unsaturated/α-hetero) is 1. The van der Waals surface area contributed by atoms with E-state index in [2.05, 4.69) is 4.90 Å². The van der Waals surface area contributed by atoms with Crippen molar-refractivity contribution in [1.29, 1.82) is 0 Å². The molecule has 1 amide bonds. The number of rotatable bonds is 6. The molecule has 1 aromatic heterocycles. The predicted octanol–water partition coefficient (Wildman–Crippen LogP) is 3.34. The number of hydrogen-bond donors (Lipinski definition) is 1. The maximum atomic E-state index is 13.5. The Morgan fingerprint density at radius 1 is 1.00 bits per heavy atom. The summed E-state index contributed by atoms with van der Waals surface area (Å²) in [5.41, 5.74) is 1.41. The Labute approximate surface area is 185 Å². The van der Waals surface area contributed by atoms with Crippen molar-refractivity contribution in [3.05, 3.63) is 83.3 Å². The molecule has 2 aliphatic heterocycles. The third kappa shape index (κ3) is 3.70. The van der Waals surface area contributed by atoms with E-state index >= 15 is 0 Å². The summed E-state index contributed by atoms with van der Waals surface area (Å²) >= 11 is 0. The molecule has 3 heterocycles. The lowest BCUT2D eigenvalue weighted by Crippen LogP contribution is -2.43. The monoisotopic (exact) mass is 432 g/mol. The second kappa shape index (κ2) is 8.61. The standard InChI is InChI=1S/C25H24N2O5/c28-23(20-16-18-8-4-5-9-19(18)32-20)21-22(17-6-2-1-3-7-17)27(25(30)24(21)29)11-10-26-12-14-31-15-13-26/h1-9,16,22,29H,10-15H2/t22-/m0/s1. The lowest BCUT2D eigenvalue weighted by Gasteiger charge is -2.31. The van der Waals surface area contributed by atoms with Crippen LogP contribution in [-0.2, 0) is 9.53 Å². The van der Waals surface area contributed by atoms with Crippen LogP contribution in [0.5, 0.6) is 0 Å². The van der Waals surface area contributed by atoms with Crippen LogP contribution in [-0.4, -0.2) is 66.0 Å². The van der Waals surface area contributed by atoms with E-state index in [0.29, 0.717) is 31.9 Å². The fraction of sp³-hybridized carbons (Fsp3) is 0.280. The molecule has 164 valence electrons. The average molecular weight is 432 g/mol. The normalized spacial score (nSPS) is 19.8. The molecule has 1 atom stereocenters. The fourth-order valence-electron chi connectivity index (χ4n) is 4.40. The Hall–Kier alpha value is -3.42. The quantitative estimate of drug-likeness (QED) is 0.602. The first-order valence-corrected chi connectivity index (χ1v) is 10.8. The van der Waals surface area contributed by atoms with Gasteiger partial charge < -0.3 is 19.2 Å². The van der Waals surface area contributed by atoms with E-state index in [1.165, 1.54) is 0 Å². The molecule has 1 saturated heterocycles. The van der Waals surface area contributed by atoms with Crippen molar-refractivity contribution >= 4 is 22.7 Å². The minimum atomic E-state index is -0.676. The van der Waals surface area contributed by atoms with E-state index in [-0.39, 0.29) is 11.3 Å². The van der Waals surface area contributed by atoms with Gasteiger partial charge in [0.25, 0.3) is 5.91 Å². The summed E-state index contributed by atoms with van der Waals surface area (Å²) in [5, 5.41) is 11.6. The first kappa shape index (κ1) is 20.5. The largest absolute Gasteiger partial charge is 0.503 e. The van der Waals surface area contributed by atoms with Gasteiger partial charge in [0.1, 0.15) is 5.58 Å². The maximum Gasteiger partial charge on any atom is 0.290 e. The molecule has 0 spiro atoms. The van der Waals surface area contributed by atoms with Gasteiger partial charge in [0.05, 0.1) is 24.8 Å². The van der Waals surface area contributed by atoms with Gasteiger partial charge in [-0.2, -0.15) is 0 Å². The fourth-order valence-corrected chi connectivity index (χ4v) is 4.40. The van der Waals surface area contributed by atoms with Crippen molar-refractivity contribution in [2.45, 2.75) is 6.04 Å². The summed E-state index contributed by atoms with van der Waals surface area (Å²) in [6, 6.07) is 17.6. The highest BCUT2D eigenvalue weighted by atomic mass is 16.5. The summed E-state index contributed by atoms with van der Waals surface area (Å²) in [6.45, 7) is 3.94. The Balaban J connectivity index is 1.49. The molecule has 0 unspecified atom stereocenters. The second-order valence-electron chi connectivity index (χ2n) is 8.01. The Kier molecular flexibility index (Phi) is 5.51. The number of benzene rings is 2. The van der Waals surface area contributed by atoms with Crippen LogP contribution >= 0.6 is 0 Å². The number of nitrogens with zero attached hydrogens (tertiary/aromatic N) is 2. The van der Waals surface area contributed by atoms with Crippen molar-refractivity contribution < 1.29 is 23.8 Å². The molecule has 0 radical (unpaired) electrons. The molecule has 32 heavy (non-hydrogen) atoms. The van der Waals surface area contributed by atoms with Gasteiger partial charge in [0, 0.05) is 31.6 Å². The molecular formula is C25H24N2O5. The molecule has 5 rings (SSSR count). The van der Waals surface area contributed by atoms with E-state index in [0.717, 1.165) is 24.0 Å². The molecule has 0 aliphatic carbocycles. The van der Waals surface area contributed by atoms with Gasteiger partial charge in [-0.15, -0.1) is 0 Å². The number of carbonyl (C=O) groups is 2. The molecule has 2 aliphatic rings. The first-order chi connectivity index (χ1) is 15.6. The number of ether oxygens (including phenoxy) is 1. The maximum absolute atomic E-state index is 13.5. The summed E-state index contributed by atoms with van der Waals surface area (Å²) < 4.78 is 11.2. The third-order valence-electron chi connectivity index (χ3n) is 6.07. The van der Waals surface area contributed by atoms with Gasteiger partial charge in [0.2, 0.25) is 5.78 Å². The molecule has 0 saturated carbocycles. The van der Waals surface area contributed by atoms with E-state index in [9.17, 15) is 14.7 Å². The highest BCUT2D eigenvalue weighted by molar-refractivity contribution is 6.16. The average Bonchev–Trinajstić information content (AvgIpc) is 3.38. The Morgan fingerprint density at radius 2 is 1.72 bits per heavy atom. The highest BCUT2D eigenvalue weighted by Crippen LogP contribution is 2.39. The van der Waals surface area contributed by atoms with Crippen molar-refractivity contribution in [1.82, 2.24) is 9.80 Å². The van der Waals surface area contributed by atoms with Crippen LogP contribution in [0.4, 0.5) is 0 Å². The topological polar surface area (TPSA) is 83.2 Å². The van der Waals surface area contributed by atoms with Crippen LogP contribution in [0, 0.1) is 0 Å². The van der Waals surface area contributed by atoms with Crippen LogP contribution in [0.1, 0.15) is 22.2 Å². The van der Waals surface area contributed by atoms with Gasteiger partial charge in [0.15, 0.2) is 11.5 Å². The van der Waals surface area contributed by atoms with Gasteiger partial charge >= 0.3 is 0 Å². The minimum absolute atomic E-state index is 0.0576. The number of carbonyl (C=O) groups excluding carboxylic acids is 2. The Morgan fingerprint density at radius 3 is 2.47 bits per heavy atom. The number of amides is 1. The van der Waals surface area contributed by atoms with Crippen LogP contribution < -0.4 is 0 Å². The van der Waals surface area contributed by atoms with Crippen molar-refractivity contribution in [2.75, 3.05) is 39.4 Å². The van der Waals surface area contributed by atoms with Crippen molar-refractivity contribution in [2.24, 2.45) is 0 Å². The lowest BCUT2D eigenvalue weighted by atomic mass is 9.95. The van der Waals surface area contributed by atoms with Crippen LogP contribution in [0.15, 0.2) is 76.4 Å². The third-order valence-corrected chi connectivity index (χ3v) is 6.07. The summed E-state index contributed by atoms with van der Waals surface area (Å²) in [7, 11) is 0. The number of para-hydroxylation sites is 1. The summed E-state index contributed by atoms with van der Waals surface area (Å²) in [6.07, 6.45) is 0. The SMILES string of the molecule is O=C(C1=C(O)C(=O)N(CCN2CCOCC2)[C@H]1c1ccccc1)c1cc2ccccc2o1. The first-order valence-electron chi connectivity index (χ1n) is 10.8. The zero-order valence-electron chi connectivity index (χ0n) is 17.6. The number of aliphatic hydroxyl groups is 1. The number of morpholine rings is 1. The molecule has 1 N–H and O–H groups in total. The highest BCUT2D eigenvalue weighted by Gasteiger charge is 2.44.